The number of para-hydroxylation sites is 1. The minimum Gasteiger partial charge on any atom is -0.507 e. The van der Waals surface area contributed by atoms with E-state index < -0.39 is 0 Å². The number of benzene rings is 1. The lowest BCUT2D eigenvalue weighted by atomic mass is 9.96. The highest BCUT2D eigenvalue weighted by atomic mass is 79.9. The molecule has 9 heteroatoms. The van der Waals surface area contributed by atoms with Crippen molar-refractivity contribution < 1.29 is 14.6 Å². The number of fused-ring (bicyclic) bond motifs is 1. The first kappa shape index (κ1) is 23.1. The van der Waals surface area contributed by atoms with Crippen molar-refractivity contribution >= 4 is 33.4 Å². The van der Waals surface area contributed by atoms with E-state index in [0.29, 0.717) is 35.7 Å². The number of nitrogens with zero attached hydrogens (tertiary/aromatic N) is 4. The molecular formula is C24H28BrN5O3. The smallest absolute Gasteiger partial charge is 0.305 e. The summed E-state index contributed by atoms with van der Waals surface area (Å²) in [5.41, 5.74) is 3.04. The minimum absolute atomic E-state index is 0.190. The Labute approximate surface area is 201 Å². The molecule has 0 unspecified atom stereocenters. The Bertz CT molecular complexity index is 1150. The van der Waals surface area contributed by atoms with E-state index >= 15 is 0 Å². The second kappa shape index (κ2) is 10.2. The predicted octanol–water partition coefficient (Wildman–Crippen LogP) is 4.46. The van der Waals surface area contributed by atoms with E-state index in [-0.39, 0.29) is 11.7 Å². The number of aromatic hydroxyl groups is 1. The summed E-state index contributed by atoms with van der Waals surface area (Å²) in [5.74, 6) is 1.32. The van der Waals surface area contributed by atoms with Crippen molar-refractivity contribution in [3.63, 3.8) is 0 Å². The number of halogens is 1. The molecule has 0 aliphatic carbocycles. The van der Waals surface area contributed by atoms with E-state index in [1.807, 2.05) is 18.2 Å². The topological polar surface area (TPSA) is 92.0 Å². The molecular weight excluding hydrogens is 486 g/mol. The van der Waals surface area contributed by atoms with Crippen LogP contribution in [0.2, 0.25) is 0 Å². The number of ether oxygens (including phenoxy) is 1. The first-order chi connectivity index (χ1) is 16.0. The van der Waals surface area contributed by atoms with Crippen LogP contribution in [0.5, 0.6) is 5.75 Å². The fourth-order valence-corrected chi connectivity index (χ4v) is 4.45. The summed E-state index contributed by atoms with van der Waals surface area (Å²) in [6.07, 6.45) is 4.79. The molecule has 3 aromatic rings. The molecule has 0 amide bonds. The molecule has 1 aliphatic heterocycles. The molecule has 3 heterocycles. The van der Waals surface area contributed by atoms with Crippen molar-refractivity contribution in [1.82, 2.24) is 19.5 Å². The van der Waals surface area contributed by atoms with Crippen LogP contribution in [0.4, 0.5) is 5.82 Å². The average molecular weight is 514 g/mol. The number of likely N-dealkylation sites (tertiary alicyclic amines) is 1. The zero-order valence-electron chi connectivity index (χ0n) is 18.6. The number of phenols is 1. The molecule has 0 atom stereocenters. The second-order valence-corrected chi connectivity index (χ2v) is 9.08. The number of carbonyl (C=O) groups excluding carboxylic acids is 1. The molecule has 0 saturated carbocycles. The van der Waals surface area contributed by atoms with Gasteiger partial charge in [-0.15, -0.1) is 0 Å². The molecule has 0 spiro atoms. The molecule has 8 nitrogen and oxygen atoms in total. The third-order valence-electron chi connectivity index (χ3n) is 6.09. The Morgan fingerprint density at radius 3 is 2.79 bits per heavy atom. The second-order valence-electron chi connectivity index (χ2n) is 8.23. The van der Waals surface area contributed by atoms with Crippen molar-refractivity contribution in [2.45, 2.75) is 25.7 Å². The maximum absolute atomic E-state index is 11.4. The maximum Gasteiger partial charge on any atom is 0.305 e. The number of anilines is 1. The number of esters is 1. The van der Waals surface area contributed by atoms with Crippen LogP contribution in [0, 0.1) is 5.92 Å². The highest BCUT2D eigenvalue weighted by Gasteiger charge is 2.21. The number of allylic oxidation sites excluding steroid dienone is 1. The van der Waals surface area contributed by atoms with Gasteiger partial charge in [0.1, 0.15) is 11.6 Å². The van der Waals surface area contributed by atoms with Gasteiger partial charge >= 0.3 is 5.97 Å². The Morgan fingerprint density at radius 1 is 1.30 bits per heavy atom. The van der Waals surface area contributed by atoms with E-state index in [2.05, 4.69) is 37.8 Å². The predicted molar refractivity (Wildman–Crippen MR) is 131 cm³/mol. The Kier molecular flexibility index (Phi) is 7.17. The number of hydrogen-bond donors (Lipinski definition) is 2. The van der Waals surface area contributed by atoms with Gasteiger partial charge in [-0.1, -0.05) is 18.7 Å². The van der Waals surface area contributed by atoms with Gasteiger partial charge in [-0.25, -0.2) is 4.98 Å². The van der Waals surface area contributed by atoms with Crippen LogP contribution in [0.15, 0.2) is 53.3 Å². The Hall–Kier alpha value is -3.07. The number of hydrogen-bond acceptors (Lipinski definition) is 7. The largest absolute Gasteiger partial charge is 0.507 e. The van der Waals surface area contributed by atoms with Gasteiger partial charge in [0.25, 0.3) is 0 Å². The third-order valence-corrected chi connectivity index (χ3v) is 6.65. The molecule has 2 aromatic heterocycles. The summed E-state index contributed by atoms with van der Waals surface area (Å²) in [6, 6.07) is 9.11. The lowest BCUT2D eigenvalue weighted by Gasteiger charge is -2.35. The van der Waals surface area contributed by atoms with Gasteiger partial charge in [0.2, 0.25) is 0 Å². The Morgan fingerprint density at radius 2 is 2.06 bits per heavy atom. The SMILES string of the molecule is C=C(CCC(=O)OC)N1CCC(CNc2cc(-c3ccccc3O)nc3c(Br)cnn23)CC1. The fraction of sp³-hybridized carbons (Fsp3) is 0.375. The van der Waals surface area contributed by atoms with E-state index in [4.69, 9.17) is 9.72 Å². The molecule has 1 saturated heterocycles. The van der Waals surface area contributed by atoms with Gasteiger partial charge in [-0.05, 0) is 53.2 Å². The van der Waals surface area contributed by atoms with Gasteiger partial charge in [0.05, 0.1) is 29.9 Å². The molecule has 33 heavy (non-hydrogen) atoms. The lowest BCUT2D eigenvalue weighted by Crippen LogP contribution is -2.35. The summed E-state index contributed by atoms with van der Waals surface area (Å²) >= 11 is 3.52. The van der Waals surface area contributed by atoms with Gasteiger partial charge in [0.15, 0.2) is 5.65 Å². The van der Waals surface area contributed by atoms with Crippen molar-refractivity contribution in [3.05, 3.63) is 53.3 Å². The van der Waals surface area contributed by atoms with Crippen LogP contribution < -0.4 is 5.32 Å². The Balaban J connectivity index is 1.41. The standard InChI is InChI=1S/C24H28BrN5O3/c1-16(7-8-23(32)33-2)29-11-9-17(10-12-29)14-26-22-13-20(18-5-3-4-6-21(18)31)28-24-19(25)15-27-30(22)24/h3-6,13,15,17,26,31H,1,7-12,14H2,2H3. The minimum atomic E-state index is -0.202. The molecule has 174 valence electrons. The summed E-state index contributed by atoms with van der Waals surface area (Å²) in [5, 5.41) is 18.3. The number of aromatic nitrogens is 3. The van der Waals surface area contributed by atoms with Crippen LogP contribution in [0.1, 0.15) is 25.7 Å². The number of piperidine rings is 1. The molecule has 0 radical (unpaired) electrons. The highest BCUT2D eigenvalue weighted by Crippen LogP contribution is 2.31. The van der Waals surface area contributed by atoms with Gasteiger partial charge < -0.3 is 20.1 Å². The summed E-state index contributed by atoms with van der Waals surface area (Å²) in [4.78, 5) is 18.3. The van der Waals surface area contributed by atoms with Crippen LogP contribution in [-0.4, -0.2) is 57.3 Å². The number of carbonyl (C=O) groups is 1. The van der Waals surface area contributed by atoms with E-state index in [9.17, 15) is 9.90 Å². The van der Waals surface area contributed by atoms with E-state index in [1.54, 1.807) is 22.8 Å². The van der Waals surface area contributed by atoms with Gasteiger partial charge in [-0.2, -0.15) is 9.61 Å². The van der Waals surface area contributed by atoms with Crippen LogP contribution >= 0.6 is 15.9 Å². The number of rotatable bonds is 8. The number of methoxy groups -OCH3 is 1. The van der Waals surface area contributed by atoms with Crippen LogP contribution in [0.25, 0.3) is 16.9 Å². The zero-order valence-corrected chi connectivity index (χ0v) is 20.2. The molecule has 4 rings (SSSR count). The van der Waals surface area contributed by atoms with E-state index in [0.717, 1.165) is 48.5 Å². The van der Waals surface area contributed by atoms with Crippen LogP contribution in [-0.2, 0) is 9.53 Å². The number of phenolic OH excluding ortho intramolecular Hbond substituents is 1. The monoisotopic (exact) mass is 513 g/mol. The molecule has 0 bridgehead atoms. The molecule has 1 aromatic carbocycles. The van der Waals surface area contributed by atoms with Crippen molar-refractivity contribution in [2.24, 2.45) is 5.92 Å². The quantitative estimate of drug-likeness (QED) is 0.429. The maximum atomic E-state index is 11.4. The fourth-order valence-electron chi connectivity index (χ4n) is 4.10. The normalized spacial score (nSPS) is 14.4. The molecule has 1 fully saturated rings. The van der Waals surface area contributed by atoms with E-state index in [1.165, 1.54) is 7.11 Å². The van der Waals surface area contributed by atoms with Crippen molar-refractivity contribution in [1.29, 1.82) is 0 Å². The first-order valence-corrected chi connectivity index (χ1v) is 11.8. The summed E-state index contributed by atoms with van der Waals surface area (Å²) < 4.78 is 7.29. The highest BCUT2D eigenvalue weighted by molar-refractivity contribution is 9.10. The van der Waals surface area contributed by atoms with Crippen molar-refractivity contribution in [3.8, 4) is 17.0 Å². The lowest BCUT2D eigenvalue weighted by molar-refractivity contribution is -0.140. The van der Waals surface area contributed by atoms with Crippen LogP contribution in [0.3, 0.4) is 0 Å². The third kappa shape index (κ3) is 5.30. The molecule has 1 aliphatic rings. The molecule has 2 N–H and O–H groups in total. The van der Waals surface area contributed by atoms with Crippen molar-refractivity contribution in [2.75, 3.05) is 32.1 Å². The number of nitrogens with one attached hydrogen (secondary N) is 1. The summed E-state index contributed by atoms with van der Waals surface area (Å²) in [7, 11) is 1.41. The van der Waals surface area contributed by atoms with Gasteiger partial charge in [0, 0.05) is 37.0 Å². The first-order valence-electron chi connectivity index (χ1n) is 11.0. The zero-order chi connectivity index (χ0) is 23.4. The average Bonchev–Trinajstić information content (AvgIpc) is 3.22. The summed E-state index contributed by atoms with van der Waals surface area (Å²) in [6.45, 7) is 6.80. The van der Waals surface area contributed by atoms with Gasteiger partial charge in [-0.3, -0.25) is 4.79 Å².